The van der Waals surface area contributed by atoms with Crippen molar-refractivity contribution in [1.82, 2.24) is 15.5 Å². The van der Waals surface area contributed by atoms with Crippen molar-refractivity contribution in [3.05, 3.63) is 35.4 Å². The molecule has 1 amide bonds. The smallest absolute Gasteiger partial charge is 0.262 e. The maximum Gasteiger partial charge on any atom is 0.262 e. The van der Waals surface area contributed by atoms with Gasteiger partial charge < -0.3 is 5.32 Å². The second kappa shape index (κ2) is 6.53. The van der Waals surface area contributed by atoms with Crippen LogP contribution in [0, 0.1) is 0 Å². The predicted molar refractivity (Wildman–Crippen MR) is 84.4 cm³/mol. The van der Waals surface area contributed by atoms with E-state index in [1.807, 2.05) is 6.07 Å². The quantitative estimate of drug-likeness (QED) is 0.884. The van der Waals surface area contributed by atoms with E-state index < -0.39 is 24.9 Å². The SMILES string of the molecule is CC(CNC(=O)C1CC(F)(F)CN1)N1CCc2ccccc2C1. The van der Waals surface area contributed by atoms with E-state index in [0.717, 1.165) is 19.5 Å². The van der Waals surface area contributed by atoms with Gasteiger partial charge in [0.15, 0.2) is 0 Å². The van der Waals surface area contributed by atoms with Gasteiger partial charge >= 0.3 is 0 Å². The standard InChI is InChI=1S/C17H23F2N3O/c1-12(9-20-16(23)15-8-17(18,19)11-21-15)22-7-6-13-4-2-3-5-14(13)10-22/h2-5,12,15,21H,6-11H2,1H3,(H,20,23). The van der Waals surface area contributed by atoms with Gasteiger partial charge in [-0.1, -0.05) is 24.3 Å². The summed E-state index contributed by atoms with van der Waals surface area (Å²) in [6.45, 7) is 3.94. The second-order valence-corrected chi connectivity index (χ2v) is 6.58. The number of amides is 1. The monoisotopic (exact) mass is 323 g/mol. The highest BCUT2D eigenvalue weighted by Crippen LogP contribution is 2.25. The van der Waals surface area contributed by atoms with Crippen LogP contribution in [0.25, 0.3) is 0 Å². The molecule has 6 heteroatoms. The number of nitrogens with zero attached hydrogens (tertiary/aromatic N) is 1. The second-order valence-electron chi connectivity index (χ2n) is 6.58. The van der Waals surface area contributed by atoms with Crippen LogP contribution in [-0.4, -0.2) is 48.4 Å². The third-order valence-corrected chi connectivity index (χ3v) is 4.78. The summed E-state index contributed by atoms with van der Waals surface area (Å²) in [5.41, 5.74) is 2.71. The molecule has 1 saturated heterocycles. The van der Waals surface area contributed by atoms with Crippen molar-refractivity contribution in [2.75, 3.05) is 19.6 Å². The van der Waals surface area contributed by atoms with E-state index in [9.17, 15) is 13.6 Å². The van der Waals surface area contributed by atoms with Crippen LogP contribution in [0.3, 0.4) is 0 Å². The number of halogens is 2. The molecule has 1 aromatic carbocycles. The number of carbonyl (C=O) groups is 1. The molecule has 1 aromatic rings. The zero-order valence-corrected chi connectivity index (χ0v) is 13.3. The first-order valence-electron chi connectivity index (χ1n) is 8.14. The number of fused-ring (bicyclic) bond motifs is 1. The molecular formula is C17H23F2N3O. The normalized spacial score (nSPS) is 24.9. The third kappa shape index (κ3) is 3.87. The number of hydrogen-bond acceptors (Lipinski definition) is 3. The summed E-state index contributed by atoms with van der Waals surface area (Å²) in [7, 11) is 0. The largest absolute Gasteiger partial charge is 0.353 e. The fourth-order valence-corrected chi connectivity index (χ4v) is 3.30. The molecule has 0 spiro atoms. The molecular weight excluding hydrogens is 300 g/mol. The van der Waals surface area contributed by atoms with Crippen LogP contribution < -0.4 is 10.6 Å². The minimum absolute atomic E-state index is 0.175. The Labute approximate surface area is 135 Å². The van der Waals surface area contributed by atoms with Gasteiger partial charge in [0.05, 0.1) is 12.6 Å². The number of carbonyl (C=O) groups excluding carboxylic acids is 1. The number of nitrogens with one attached hydrogen (secondary N) is 2. The first-order valence-corrected chi connectivity index (χ1v) is 8.14. The van der Waals surface area contributed by atoms with Gasteiger partial charge in [-0.15, -0.1) is 0 Å². The van der Waals surface area contributed by atoms with Gasteiger partial charge in [-0.25, -0.2) is 8.78 Å². The van der Waals surface area contributed by atoms with Gasteiger partial charge in [-0.05, 0) is 24.5 Å². The Morgan fingerprint density at radius 2 is 2.17 bits per heavy atom. The van der Waals surface area contributed by atoms with E-state index in [1.54, 1.807) is 0 Å². The molecule has 4 nitrogen and oxygen atoms in total. The lowest BCUT2D eigenvalue weighted by molar-refractivity contribution is -0.123. The molecule has 2 aliphatic rings. The highest BCUT2D eigenvalue weighted by Gasteiger charge is 2.42. The van der Waals surface area contributed by atoms with Gasteiger partial charge in [0.2, 0.25) is 5.91 Å². The molecule has 2 atom stereocenters. The molecule has 1 fully saturated rings. The Morgan fingerprint density at radius 1 is 1.43 bits per heavy atom. The van der Waals surface area contributed by atoms with E-state index in [4.69, 9.17) is 0 Å². The fourth-order valence-electron chi connectivity index (χ4n) is 3.30. The Hall–Kier alpha value is -1.53. The highest BCUT2D eigenvalue weighted by molar-refractivity contribution is 5.82. The van der Waals surface area contributed by atoms with Crippen molar-refractivity contribution >= 4 is 5.91 Å². The van der Waals surface area contributed by atoms with Crippen molar-refractivity contribution in [3.8, 4) is 0 Å². The summed E-state index contributed by atoms with van der Waals surface area (Å²) >= 11 is 0. The zero-order chi connectivity index (χ0) is 16.4. The molecule has 0 aromatic heterocycles. The molecule has 3 rings (SSSR count). The van der Waals surface area contributed by atoms with Gasteiger partial charge in [0.1, 0.15) is 0 Å². The summed E-state index contributed by atoms with van der Waals surface area (Å²) in [5, 5.41) is 5.39. The van der Waals surface area contributed by atoms with E-state index in [2.05, 4.69) is 40.7 Å². The molecule has 0 bridgehead atoms. The fraction of sp³-hybridized carbons (Fsp3) is 0.588. The van der Waals surface area contributed by atoms with Crippen LogP contribution in [0.5, 0.6) is 0 Å². The van der Waals surface area contributed by atoms with Crippen LogP contribution in [0.1, 0.15) is 24.5 Å². The van der Waals surface area contributed by atoms with Crippen LogP contribution in [-0.2, 0) is 17.8 Å². The van der Waals surface area contributed by atoms with Gasteiger partial charge in [0, 0.05) is 32.1 Å². The van der Waals surface area contributed by atoms with E-state index in [-0.39, 0.29) is 11.9 Å². The molecule has 2 N–H and O–H groups in total. The first kappa shape index (κ1) is 16.3. The Kier molecular flexibility index (Phi) is 4.64. The van der Waals surface area contributed by atoms with Gasteiger partial charge in [-0.2, -0.15) is 0 Å². The van der Waals surface area contributed by atoms with Crippen LogP contribution in [0.15, 0.2) is 24.3 Å². The summed E-state index contributed by atoms with van der Waals surface area (Å²) in [6, 6.07) is 7.79. The lowest BCUT2D eigenvalue weighted by Gasteiger charge is -2.34. The molecule has 126 valence electrons. The number of hydrogen-bond donors (Lipinski definition) is 2. The Morgan fingerprint density at radius 3 is 2.87 bits per heavy atom. The summed E-state index contributed by atoms with van der Waals surface area (Å²) in [6.07, 6.45) is 0.592. The van der Waals surface area contributed by atoms with E-state index >= 15 is 0 Å². The third-order valence-electron chi connectivity index (χ3n) is 4.78. The Balaban J connectivity index is 1.49. The Bertz CT molecular complexity index is 579. The number of rotatable bonds is 4. The van der Waals surface area contributed by atoms with Crippen molar-refractivity contribution in [1.29, 1.82) is 0 Å². The van der Waals surface area contributed by atoms with Crippen molar-refractivity contribution in [3.63, 3.8) is 0 Å². The minimum Gasteiger partial charge on any atom is -0.353 e. The molecule has 0 radical (unpaired) electrons. The zero-order valence-electron chi connectivity index (χ0n) is 13.3. The van der Waals surface area contributed by atoms with Crippen LogP contribution in [0.4, 0.5) is 8.78 Å². The number of benzene rings is 1. The van der Waals surface area contributed by atoms with E-state index in [0.29, 0.717) is 6.54 Å². The number of alkyl halides is 2. The predicted octanol–water partition coefficient (Wildman–Crippen LogP) is 1.55. The molecule has 23 heavy (non-hydrogen) atoms. The molecule has 2 aliphatic heterocycles. The lowest BCUT2D eigenvalue weighted by atomic mass is 9.99. The molecule has 2 unspecified atom stereocenters. The van der Waals surface area contributed by atoms with Crippen molar-refractivity contribution < 1.29 is 13.6 Å². The maximum absolute atomic E-state index is 13.1. The van der Waals surface area contributed by atoms with Crippen LogP contribution in [0.2, 0.25) is 0 Å². The minimum atomic E-state index is -2.77. The lowest BCUT2D eigenvalue weighted by Crippen LogP contribution is -2.48. The average Bonchev–Trinajstić information content (AvgIpc) is 2.92. The summed E-state index contributed by atoms with van der Waals surface area (Å²) < 4.78 is 26.3. The van der Waals surface area contributed by atoms with Crippen molar-refractivity contribution in [2.45, 2.75) is 44.3 Å². The first-order chi connectivity index (χ1) is 10.9. The summed E-state index contributed by atoms with van der Waals surface area (Å²) in [4.78, 5) is 14.3. The van der Waals surface area contributed by atoms with Gasteiger partial charge in [-0.3, -0.25) is 15.0 Å². The van der Waals surface area contributed by atoms with Crippen molar-refractivity contribution in [2.24, 2.45) is 0 Å². The topological polar surface area (TPSA) is 44.4 Å². The average molecular weight is 323 g/mol. The molecule has 0 saturated carbocycles. The van der Waals surface area contributed by atoms with Crippen LogP contribution >= 0.6 is 0 Å². The molecule has 0 aliphatic carbocycles. The maximum atomic E-state index is 13.1. The highest BCUT2D eigenvalue weighted by atomic mass is 19.3. The molecule has 2 heterocycles. The van der Waals surface area contributed by atoms with Gasteiger partial charge in [0.25, 0.3) is 5.92 Å². The summed E-state index contributed by atoms with van der Waals surface area (Å²) in [5.74, 6) is -3.10. The van der Waals surface area contributed by atoms with E-state index in [1.165, 1.54) is 11.1 Å².